The number of carbonyl (C=O) groups is 1. The molecule has 110 valence electrons. The van der Waals surface area contributed by atoms with E-state index in [0.717, 1.165) is 13.0 Å². The maximum Gasteiger partial charge on any atom is 0.220 e. The number of thioether (sulfide) groups is 1. The second-order valence-electron chi connectivity index (χ2n) is 6.23. The first kappa shape index (κ1) is 15.5. The largest absolute Gasteiger partial charge is 0.355 e. The van der Waals surface area contributed by atoms with E-state index in [1.807, 2.05) is 11.8 Å². The summed E-state index contributed by atoms with van der Waals surface area (Å²) in [7, 11) is 0. The van der Waals surface area contributed by atoms with Crippen LogP contribution in [0, 0.1) is 11.3 Å². The van der Waals surface area contributed by atoms with Gasteiger partial charge in [-0.3, -0.25) is 4.79 Å². The van der Waals surface area contributed by atoms with Crippen LogP contribution in [-0.4, -0.2) is 29.8 Å². The molecule has 1 aliphatic carbocycles. The molecule has 1 saturated heterocycles. The van der Waals surface area contributed by atoms with E-state index in [4.69, 9.17) is 11.6 Å². The Morgan fingerprint density at radius 1 is 1.21 bits per heavy atom. The van der Waals surface area contributed by atoms with Gasteiger partial charge < -0.3 is 5.32 Å². The summed E-state index contributed by atoms with van der Waals surface area (Å²) in [6.07, 6.45) is 9.35. The average Bonchev–Trinajstić information content (AvgIpc) is 2.47. The van der Waals surface area contributed by atoms with E-state index < -0.39 is 0 Å². The molecule has 0 aromatic carbocycles. The van der Waals surface area contributed by atoms with Crippen LogP contribution in [0.3, 0.4) is 0 Å². The van der Waals surface area contributed by atoms with Crippen molar-refractivity contribution in [3.8, 4) is 0 Å². The van der Waals surface area contributed by atoms with Crippen molar-refractivity contribution in [2.24, 2.45) is 11.3 Å². The molecule has 1 amide bonds. The van der Waals surface area contributed by atoms with E-state index in [1.54, 1.807) is 0 Å². The van der Waals surface area contributed by atoms with Crippen molar-refractivity contribution in [1.29, 1.82) is 0 Å². The van der Waals surface area contributed by atoms with Gasteiger partial charge in [0.25, 0.3) is 0 Å². The standard InChI is InChI=1S/C15H26ClNOS/c16-11-15(6-2-1-3-7-15)12-17-14(18)10-13-4-8-19-9-5-13/h13H,1-12H2,(H,17,18). The summed E-state index contributed by atoms with van der Waals surface area (Å²) in [5.74, 6) is 3.99. The molecule has 4 heteroatoms. The molecule has 0 aromatic rings. The van der Waals surface area contributed by atoms with Gasteiger partial charge in [0.15, 0.2) is 0 Å². The van der Waals surface area contributed by atoms with Gasteiger partial charge in [-0.15, -0.1) is 11.6 Å². The van der Waals surface area contributed by atoms with Gasteiger partial charge in [0.2, 0.25) is 5.91 Å². The van der Waals surface area contributed by atoms with Crippen molar-refractivity contribution in [2.45, 2.75) is 51.4 Å². The van der Waals surface area contributed by atoms with Crippen molar-refractivity contribution in [3.63, 3.8) is 0 Å². The molecule has 1 heterocycles. The fourth-order valence-corrected chi connectivity index (χ4v) is 4.80. The minimum Gasteiger partial charge on any atom is -0.355 e. The summed E-state index contributed by atoms with van der Waals surface area (Å²) in [5.41, 5.74) is 0.178. The number of hydrogen-bond donors (Lipinski definition) is 1. The van der Waals surface area contributed by atoms with Gasteiger partial charge in [-0.25, -0.2) is 0 Å². The second-order valence-corrected chi connectivity index (χ2v) is 7.72. The molecule has 1 N–H and O–H groups in total. The van der Waals surface area contributed by atoms with Gasteiger partial charge in [0, 0.05) is 24.3 Å². The highest BCUT2D eigenvalue weighted by molar-refractivity contribution is 7.99. The SMILES string of the molecule is O=C(CC1CCSCC1)NCC1(CCl)CCCCC1. The molecule has 2 fully saturated rings. The van der Waals surface area contributed by atoms with Crippen LogP contribution < -0.4 is 5.32 Å². The average molecular weight is 304 g/mol. The Kier molecular flexibility index (Phi) is 6.34. The number of alkyl halides is 1. The first-order valence-electron chi connectivity index (χ1n) is 7.64. The van der Waals surface area contributed by atoms with E-state index in [2.05, 4.69) is 5.32 Å². The molecule has 19 heavy (non-hydrogen) atoms. The first-order chi connectivity index (χ1) is 9.24. The van der Waals surface area contributed by atoms with Crippen LogP contribution in [0.1, 0.15) is 51.4 Å². The third-order valence-corrected chi connectivity index (χ3v) is 6.29. The number of nitrogens with one attached hydrogen (secondary N) is 1. The summed E-state index contributed by atoms with van der Waals surface area (Å²) in [5, 5.41) is 3.16. The molecule has 2 nitrogen and oxygen atoms in total. The zero-order chi connectivity index (χ0) is 13.6. The summed E-state index contributed by atoms with van der Waals surface area (Å²) in [6, 6.07) is 0. The van der Waals surface area contributed by atoms with Gasteiger partial charge in [0.05, 0.1) is 0 Å². The van der Waals surface area contributed by atoms with Crippen LogP contribution in [0.5, 0.6) is 0 Å². The number of hydrogen-bond acceptors (Lipinski definition) is 2. The van der Waals surface area contributed by atoms with Crippen LogP contribution in [0.2, 0.25) is 0 Å². The molecule has 2 rings (SSSR count). The molecule has 2 aliphatic rings. The van der Waals surface area contributed by atoms with Crippen LogP contribution in [0.25, 0.3) is 0 Å². The summed E-state index contributed by atoms with van der Waals surface area (Å²) in [4.78, 5) is 12.1. The Bertz CT molecular complexity index is 286. The molecule has 0 bridgehead atoms. The van der Waals surface area contributed by atoms with Gasteiger partial charge in [-0.05, 0) is 43.1 Å². The zero-order valence-electron chi connectivity index (χ0n) is 11.8. The molecule has 0 atom stereocenters. The summed E-state index contributed by atoms with van der Waals surface area (Å²) in [6.45, 7) is 0.788. The van der Waals surface area contributed by atoms with E-state index in [0.29, 0.717) is 11.8 Å². The third-order valence-electron chi connectivity index (χ3n) is 4.67. The molecule has 0 spiro atoms. The topological polar surface area (TPSA) is 29.1 Å². The van der Waals surface area contributed by atoms with Crippen molar-refractivity contribution in [1.82, 2.24) is 5.32 Å². The Morgan fingerprint density at radius 2 is 1.89 bits per heavy atom. The molecule has 0 aromatic heterocycles. The molecular formula is C15H26ClNOS. The lowest BCUT2D eigenvalue weighted by molar-refractivity contribution is -0.122. The van der Waals surface area contributed by atoms with Crippen molar-refractivity contribution < 1.29 is 4.79 Å². The Balaban J connectivity index is 1.72. The maximum absolute atomic E-state index is 12.1. The highest BCUT2D eigenvalue weighted by atomic mass is 35.5. The van der Waals surface area contributed by atoms with Gasteiger partial charge >= 0.3 is 0 Å². The quantitative estimate of drug-likeness (QED) is 0.782. The fourth-order valence-electron chi connectivity index (χ4n) is 3.23. The number of amides is 1. The lowest BCUT2D eigenvalue weighted by Gasteiger charge is -2.35. The summed E-state index contributed by atoms with van der Waals surface area (Å²) >= 11 is 8.17. The normalized spacial score (nSPS) is 24.1. The minimum atomic E-state index is 0.178. The van der Waals surface area contributed by atoms with Gasteiger partial charge in [0.1, 0.15) is 0 Å². The lowest BCUT2D eigenvalue weighted by atomic mass is 9.75. The van der Waals surface area contributed by atoms with Crippen LogP contribution in [0.15, 0.2) is 0 Å². The first-order valence-corrected chi connectivity index (χ1v) is 9.33. The highest BCUT2D eigenvalue weighted by Gasteiger charge is 2.31. The molecule has 0 unspecified atom stereocenters. The predicted molar refractivity (Wildman–Crippen MR) is 83.9 cm³/mol. The van der Waals surface area contributed by atoms with Crippen molar-refractivity contribution >= 4 is 29.3 Å². The molecule has 0 radical (unpaired) electrons. The van der Waals surface area contributed by atoms with Crippen molar-refractivity contribution in [2.75, 3.05) is 23.9 Å². The van der Waals surface area contributed by atoms with E-state index >= 15 is 0 Å². The van der Waals surface area contributed by atoms with Crippen LogP contribution in [-0.2, 0) is 4.79 Å². The third kappa shape index (κ3) is 4.86. The van der Waals surface area contributed by atoms with Gasteiger partial charge in [-0.1, -0.05) is 19.3 Å². The van der Waals surface area contributed by atoms with E-state index in [-0.39, 0.29) is 11.3 Å². The number of halogens is 1. The maximum atomic E-state index is 12.1. The van der Waals surface area contributed by atoms with Crippen molar-refractivity contribution in [3.05, 3.63) is 0 Å². The van der Waals surface area contributed by atoms with E-state index in [9.17, 15) is 4.79 Å². The smallest absolute Gasteiger partial charge is 0.220 e. The van der Waals surface area contributed by atoms with Crippen LogP contribution >= 0.6 is 23.4 Å². The summed E-state index contributed by atoms with van der Waals surface area (Å²) < 4.78 is 0. The second kappa shape index (κ2) is 7.78. The lowest BCUT2D eigenvalue weighted by Crippen LogP contribution is -2.40. The number of rotatable bonds is 5. The monoisotopic (exact) mass is 303 g/mol. The van der Waals surface area contributed by atoms with E-state index in [1.165, 1.54) is 56.5 Å². The highest BCUT2D eigenvalue weighted by Crippen LogP contribution is 2.36. The van der Waals surface area contributed by atoms with Crippen LogP contribution in [0.4, 0.5) is 0 Å². The molecular weight excluding hydrogens is 278 g/mol. The Morgan fingerprint density at radius 3 is 2.53 bits per heavy atom. The Labute approximate surface area is 126 Å². The predicted octanol–water partition coefficient (Wildman–Crippen LogP) is 3.83. The molecule has 1 aliphatic heterocycles. The molecule has 1 saturated carbocycles. The minimum absolute atomic E-state index is 0.178. The zero-order valence-corrected chi connectivity index (χ0v) is 13.3. The van der Waals surface area contributed by atoms with Gasteiger partial charge in [-0.2, -0.15) is 11.8 Å². The Hall–Kier alpha value is 0.110. The fraction of sp³-hybridized carbons (Fsp3) is 0.933. The number of carbonyl (C=O) groups excluding carboxylic acids is 1.